The van der Waals surface area contributed by atoms with Gasteiger partial charge in [-0.2, -0.15) is 0 Å². The highest BCUT2D eigenvalue weighted by atomic mass is 19.1. The number of hydrogen-bond donors (Lipinski definition) is 2. The normalized spacial score (nSPS) is 29.8. The maximum absolute atomic E-state index is 13.3. The van der Waals surface area contributed by atoms with Crippen LogP contribution in [0.4, 0.5) is 4.39 Å². The van der Waals surface area contributed by atoms with Gasteiger partial charge in [-0.3, -0.25) is 0 Å². The summed E-state index contributed by atoms with van der Waals surface area (Å²) in [5.74, 6) is 1.51. The summed E-state index contributed by atoms with van der Waals surface area (Å²) in [6.45, 7) is 6.74. The van der Waals surface area contributed by atoms with Crippen LogP contribution in [0.3, 0.4) is 0 Å². The number of imidazole rings is 1. The highest BCUT2D eigenvalue weighted by Gasteiger charge is 2.43. The van der Waals surface area contributed by atoms with E-state index in [-0.39, 0.29) is 17.3 Å². The van der Waals surface area contributed by atoms with E-state index in [0.29, 0.717) is 11.8 Å². The van der Waals surface area contributed by atoms with Gasteiger partial charge in [0.2, 0.25) is 0 Å². The monoisotopic (exact) mass is 275 g/mol. The van der Waals surface area contributed by atoms with Crippen LogP contribution in [0.1, 0.15) is 45.4 Å². The van der Waals surface area contributed by atoms with Crippen LogP contribution >= 0.6 is 0 Å². The zero-order valence-corrected chi connectivity index (χ0v) is 12.3. The molecule has 1 saturated carbocycles. The number of rotatable bonds is 1. The fourth-order valence-corrected chi connectivity index (χ4v) is 3.51. The molecule has 2 aromatic rings. The molecular weight excluding hydrogens is 253 g/mol. The molecule has 0 radical (unpaired) electrons. The molecule has 3 atom stereocenters. The van der Waals surface area contributed by atoms with Crippen LogP contribution in [0.15, 0.2) is 18.2 Å². The summed E-state index contributed by atoms with van der Waals surface area (Å²) in [6, 6.07) is 4.95. The van der Waals surface area contributed by atoms with Gasteiger partial charge in [0.25, 0.3) is 0 Å². The quantitative estimate of drug-likeness (QED) is 0.836. The Hall–Kier alpha value is -1.42. The highest BCUT2D eigenvalue weighted by molar-refractivity contribution is 5.75. The van der Waals surface area contributed by atoms with Crippen molar-refractivity contribution < 1.29 is 4.39 Å². The van der Waals surface area contributed by atoms with Crippen LogP contribution in [-0.2, 0) is 0 Å². The summed E-state index contributed by atoms with van der Waals surface area (Å²) < 4.78 is 13.3. The molecule has 0 amide bonds. The third-order valence-corrected chi connectivity index (χ3v) is 5.29. The zero-order chi connectivity index (χ0) is 14.5. The number of aromatic nitrogens is 2. The Morgan fingerprint density at radius 2 is 2.10 bits per heavy atom. The van der Waals surface area contributed by atoms with Gasteiger partial charge in [0.05, 0.1) is 11.0 Å². The standard InChI is InChI=1S/C16H22FN3/c1-9-12(18)6-5-11(16(9,2)3)15-19-13-7-4-10(17)8-14(13)20-15/h4,7-9,11-12H,5-6,18H2,1-3H3,(H,19,20). The third kappa shape index (κ3) is 2.03. The Morgan fingerprint density at radius 1 is 1.35 bits per heavy atom. The van der Waals surface area contributed by atoms with Gasteiger partial charge in [-0.1, -0.05) is 20.8 Å². The second-order valence-electron chi connectivity index (χ2n) is 6.69. The molecule has 1 aromatic carbocycles. The van der Waals surface area contributed by atoms with Crippen LogP contribution in [-0.4, -0.2) is 16.0 Å². The maximum atomic E-state index is 13.3. The molecule has 3 nitrogen and oxygen atoms in total. The summed E-state index contributed by atoms with van der Waals surface area (Å²) in [5.41, 5.74) is 7.91. The summed E-state index contributed by atoms with van der Waals surface area (Å²) in [6.07, 6.45) is 2.04. The summed E-state index contributed by atoms with van der Waals surface area (Å²) in [7, 11) is 0. The third-order valence-electron chi connectivity index (χ3n) is 5.29. The Kier molecular flexibility index (Phi) is 3.09. The van der Waals surface area contributed by atoms with Crippen molar-refractivity contribution in [2.45, 2.75) is 45.6 Å². The Labute approximate surface area is 118 Å². The lowest BCUT2D eigenvalue weighted by Crippen LogP contribution is -2.46. The van der Waals surface area contributed by atoms with Gasteiger partial charge < -0.3 is 10.7 Å². The molecule has 1 aliphatic carbocycles. The molecule has 0 aliphatic heterocycles. The van der Waals surface area contributed by atoms with Crippen molar-refractivity contribution in [3.8, 4) is 0 Å². The van der Waals surface area contributed by atoms with Crippen LogP contribution in [0.2, 0.25) is 0 Å². The lowest BCUT2D eigenvalue weighted by Gasteiger charge is -2.46. The Bertz CT molecular complexity index is 632. The molecule has 3 unspecified atom stereocenters. The lowest BCUT2D eigenvalue weighted by atomic mass is 9.61. The summed E-state index contributed by atoms with van der Waals surface area (Å²) in [4.78, 5) is 7.97. The molecule has 3 rings (SSSR count). The lowest BCUT2D eigenvalue weighted by molar-refractivity contribution is 0.0954. The van der Waals surface area contributed by atoms with Crippen LogP contribution in [0.5, 0.6) is 0 Å². The smallest absolute Gasteiger partial charge is 0.125 e. The van der Waals surface area contributed by atoms with E-state index in [1.165, 1.54) is 12.1 Å². The average molecular weight is 275 g/mol. The van der Waals surface area contributed by atoms with Crippen molar-refractivity contribution in [2.75, 3.05) is 0 Å². The molecule has 0 saturated heterocycles. The first-order chi connectivity index (χ1) is 9.39. The molecule has 1 aliphatic rings. The number of fused-ring (bicyclic) bond motifs is 1. The summed E-state index contributed by atoms with van der Waals surface area (Å²) in [5, 5.41) is 0. The Morgan fingerprint density at radius 3 is 2.85 bits per heavy atom. The fraction of sp³-hybridized carbons (Fsp3) is 0.562. The number of aromatic amines is 1. The molecule has 0 spiro atoms. The predicted molar refractivity (Wildman–Crippen MR) is 78.9 cm³/mol. The van der Waals surface area contributed by atoms with Gasteiger partial charge >= 0.3 is 0 Å². The van der Waals surface area contributed by atoms with E-state index in [1.807, 2.05) is 0 Å². The number of nitrogens with two attached hydrogens (primary N) is 1. The van der Waals surface area contributed by atoms with Gasteiger partial charge in [0.15, 0.2) is 0 Å². The van der Waals surface area contributed by atoms with E-state index in [2.05, 4.69) is 30.7 Å². The van der Waals surface area contributed by atoms with Gasteiger partial charge in [0.1, 0.15) is 11.6 Å². The van der Waals surface area contributed by atoms with E-state index >= 15 is 0 Å². The van der Waals surface area contributed by atoms with Crippen LogP contribution in [0.25, 0.3) is 11.0 Å². The molecule has 1 fully saturated rings. The molecule has 1 heterocycles. The van der Waals surface area contributed by atoms with Crippen LogP contribution < -0.4 is 5.73 Å². The molecule has 108 valence electrons. The first-order valence-corrected chi connectivity index (χ1v) is 7.30. The number of nitrogens with zero attached hydrogens (tertiary/aromatic N) is 1. The van der Waals surface area contributed by atoms with Gasteiger partial charge in [-0.25, -0.2) is 9.37 Å². The van der Waals surface area contributed by atoms with Crippen molar-refractivity contribution in [1.82, 2.24) is 9.97 Å². The van der Waals surface area contributed by atoms with E-state index in [0.717, 1.165) is 29.7 Å². The van der Waals surface area contributed by atoms with Gasteiger partial charge in [-0.15, -0.1) is 0 Å². The topological polar surface area (TPSA) is 54.7 Å². The molecule has 4 heteroatoms. The van der Waals surface area contributed by atoms with E-state index < -0.39 is 0 Å². The molecule has 0 bridgehead atoms. The minimum absolute atomic E-state index is 0.0874. The molecular formula is C16H22FN3. The number of benzene rings is 1. The summed E-state index contributed by atoms with van der Waals surface area (Å²) >= 11 is 0. The fourth-order valence-electron chi connectivity index (χ4n) is 3.51. The van der Waals surface area contributed by atoms with E-state index in [4.69, 9.17) is 5.73 Å². The predicted octanol–water partition coefficient (Wildman–Crippen LogP) is 3.57. The number of H-pyrrole nitrogens is 1. The van der Waals surface area contributed by atoms with Crippen molar-refractivity contribution in [3.63, 3.8) is 0 Å². The first-order valence-electron chi connectivity index (χ1n) is 7.30. The number of nitrogens with one attached hydrogen (secondary N) is 1. The maximum Gasteiger partial charge on any atom is 0.125 e. The molecule has 20 heavy (non-hydrogen) atoms. The van der Waals surface area contributed by atoms with Gasteiger partial charge in [0, 0.05) is 12.0 Å². The van der Waals surface area contributed by atoms with E-state index in [9.17, 15) is 4.39 Å². The molecule has 3 N–H and O–H groups in total. The molecule has 1 aromatic heterocycles. The highest BCUT2D eigenvalue weighted by Crippen LogP contribution is 2.49. The van der Waals surface area contributed by atoms with Gasteiger partial charge in [-0.05, 0) is 42.4 Å². The number of hydrogen-bond acceptors (Lipinski definition) is 2. The average Bonchev–Trinajstić information content (AvgIpc) is 2.78. The van der Waals surface area contributed by atoms with Crippen molar-refractivity contribution in [2.24, 2.45) is 17.1 Å². The second kappa shape index (κ2) is 4.55. The minimum Gasteiger partial charge on any atom is -0.342 e. The largest absolute Gasteiger partial charge is 0.342 e. The number of halogens is 1. The van der Waals surface area contributed by atoms with E-state index in [1.54, 1.807) is 6.07 Å². The van der Waals surface area contributed by atoms with Crippen LogP contribution in [0, 0.1) is 17.2 Å². The van der Waals surface area contributed by atoms with Crippen molar-refractivity contribution >= 4 is 11.0 Å². The van der Waals surface area contributed by atoms with Crippen molar-refractivity contribution in [3.05, 3.63) is 29.8 Å². The van der Waals surface area contributed by atoms with Crippen molar-refractivity contribution in [1.29, 1.82) is 0 Å². The SMILES string of the molecule is CC1C(N)CCC(c2nc3ccc(F)cc3[nH]2)C1(C)C. The minimum atomic E-state index is -0.231. The zero-order valence-electron chi connectivity index (χ0n) is 12.3. The second-order valence-corrected chi connectivity index (χ2v) is 6.69. The Balaban J connectivity index is 2.01. The first kappa shape index (κ1) is 13.6.